The molecule has 7 heteroatoms. The lowest BCUT2D eigenvalue weighted by atomic mass is 10.2. The summed E-state index contributed by atoms with van der Waals surface area (Å²) in [5, 5.41) is 9.61. The Morgan fingerprint density at radius 2 is 2.06 bits per heavy atom. The standard InChI is InChI=1S/C11H11F3N4/c1-7-8(5-17-18-7)4-15-9-2-3-10(16-6-9)11(12,13)14/h2-3,5-6,15H,4H2,1H3,(H,17,18). The van der Waals surface area contributed by atoms with Crippen molar-refractivity contribution in [2.45, 2.75) is 19.6 Å². The number of H-pyrrole nitrogens is 1. The van der Waals surface area contributed by atoms with Crippen molar-refractivity contribution in [1.29, 1.82) is 0 Å². The van der Waals surface area contributed by atoms with E-state index in [1.54, 1.807) is 6.20 Å². The SMILES string of the molecule is Cc1[nH]ncc1CNc1ccc(C(F)(F)F)nc1. The molecule has 0 fully saturated rings. The summed E-state index contributed by atoms with van der Waals surface area (Å²) < 4.78 is 36.9. The molecule has 18 heavy (non-hydrogen) atoms. The van der Waals surface area contributed by atoms with Crippen molar-refractivity contribution in [2.24, 2.45) is 0 Å². The van der Waals surface area contributed by atoms with Gasteiger partial charge >= 0.3 is 6.18 Å². The summed E-state index contributed by atoms with van der Waals surface area (Å²) in [6.07, 6.45) is -1.57. The molecule has 0 saturated carbocycles. The van der Waals surface area contributed by atoms with Crippen molar-refractivity contribution in [3.8, 4) is 0 Å². The Morgan fingerprint density at radius 3 is 2.56 bits per heavy atom. The van der Waals surface area contributed by atoms with Crippen LogP contribution in [-0.4, -0.2) is 15.2 Å². The van der Waals surface area contributed by atoms with Crippen LogP contribution < -0.4 is 5.32 Å². The van der Waals surface area contributed by atoms with E-state index >= 15 is 0 Å². The summed E-state index contributed by atoms with van der Waals surface area (Å²) >= 11 is 0. The number of nitrogens with one attached hydrogen (secondary N) is 2. The largest absolute Gasteiger partial charge is 0.433 e. The number of aryl methyl sites for hydroxylation is 1. The smallest absolute Gasteiger partial charge is 0.380 e. The summed E-state index contributed by atoms with van der Waals surface area (Å²) in [5.41, 5.74) is 1.51. The highest BCUT2D eigenvalue weighted by Gasteiger charge is 2.31. The van der Waals surface area contributed by atoms with E-state index in [1.165, 1.54) is 6.07 Å². The van der Waals surface area contributed by atoms with Crippen LogP contribution in [0.15, 0.2) is 24.5 Å². The highest BCUT2D eigenvalue weighted by atomic mass is 19.4. The Bertz CT molecular complexity index is 516. The fourth-order valence-electron chi connectivity index (χ4n) is 1.42. The maximum Gasteiger partial charge on any atom is 0.433 e. The first-order valence-electron chi connectivity index (χ1n) is 5.23. The molecular weight excluding hydrogens is 245 g/mol. The second-order valence-corrected chi connectivity index (χ2v) is 3.80. The minimum atomic E-state index is -4.40. The van der Waals surface area contributed by atoms with Gasteiger partial charge in [0.15, 0.2) is 0 Å². The van der Waals surface area contributed by atoms with Crippen LogP contribution in [-0.2, 0) is 12.7 Å². The number of aromatic nitrogens is 3. The maximum atomic E-state index is 12.3. The molecule has 0 saturated heterocycles. The molecule has 0 spiro atoms. The number of hydrogen-bond donors (Lipinski definition) is 2. The zero-order valence-electron chi connectivity index (χ0n) is 9.54. The van der Waals surface area contributed by atoms with Gasteiger partial charge in [-0.25, -0.2) is 4.98 Å². The van der Waals surface area contributed by atoms with Crippen molar-refractivity contribution in [2.75, 3.05) is 5.32 Å². The Hall–Kier alpha value is -2.05. The second-order valence-electron chi connectivity index (χ2n) is 3.80. The van der Waals surface area contributed by atoms with Crippen LogP contribution in [0, 0.1) is 6.92 Å². The van der Waals surface area contributed by atoms with Crippen LogP contribution in [0.1, 0.15) is 17.0 Å². The quantitative estimate of drug-likeness (QED) is 0.887. The lowest BCUT2D eigenvalue weighted by molar-refractivity contribution is -0.141. The zero-order chi connectivity index (χ0) is 13.2. The molecule has 2 rings (SSSR count). The third-order valence-corrected chi connectivity index (χ3v) is 2.47. The molecule has 2 heterocycles. The summed E-state index contributed by atoms with van der Waals surface area (Å²) in [4.78, 5) is 3.36. The van der Waals surface area contributed by atoms with Crippen LogP contribution in [0.3, 0.4) is 0 Å². The fraction of sp³-hybridized carbons (Fsp3) is 0.273. The predicted molar refractivity (Wildman–Crippen MR) is 59.9 cm³/mol. The van der Waals surface area contributed by atoms with Gasteiger partial charge in [0, 0.05) is 17.8 Å². The van der Waals surface area contributed by atoms with E-state index in [1.807, 2.05) is 6.92 Å². The molecule has 0 amide bonds. The third-order valence-electron chi connectivity index (χ3n) is 2.47. The molecule has 0 aliphatic rings. The van der Waals surface area contributed by atoms with E-state index in [0.29, 0.717) is 12.2 Å². The van der Waals surface area contributed by atoms with E-state index in [-0.39, 0.29) is 0 Å². The highest BCUT2D eigenvalue weighted by Crippen LogP contribution is 2.27. The van der Waals surface area contributed by atoms with Crippen molar-refractivity contribution >= 4 is 5.69 Å². The number of halogens is 3. The fourth-order valence-corrected chi connectivity index (χ4v) is 1.42. The minimum absolute atomic E-state index is 0.482. The first-order valence-corrected chi connectivity index (χ1v) is 5.23. The molecule has 0 atom stereocenters. The van der Waals surface area contributed by atoms with Crippen molar-refractivity contribution in [3.05, 3.63) is 41.5 Å². The summed E-state index contributed by atoms with van der Waals surface area (Å²) in [6.45, 7) is 2.35. The number of aromatic amines is 1. The van der Waals surface area contributed by atoms with Crippen LogP contribution >= 0.6 is 0 Å². The van der Waals surface area contributed by atoms with Gasteiger partial charge < -0.3 is 5.32 Å². The van der Waals surface area contributed by atoms with Gasteiger partial charge in [0.05, 0.1) is 18.1 Å². The van der Waals surface area contributed by atoms with Gasteiger partial charge in [0.2, 0.25) is 0 Å². The summed E-state index contributed by atoms with van der Waals surface area (Å²) in [6, 6.07) is 2.30. The first kappa shape index (κ1) is 12.4. The second kappa shape index (κ2) is 4.67. The van der Waals surface area contributed by atoms with Crippen LogP contribution in [0.2, 0.25) is 0 Å². The topological polar surface area (TPSA) is 53.6 Å². The maximum absolute atomic E-state index is 12.3. The third kappa shape index (κ3) is 2.79. The van der Waals surface area contributed by atoms with E-state index in [2.05, 4.69) is 20.5 Å². The van der Waals surface area contributed by atoms with Crippen molar-refractivity contribution in [1.82, 2.24) is 15.2 Å². The molecule has 2 N–H and O–H groups in total. The highest BCUT2D eigenvalue weighted by molar-refractivity contribution is 5.42. The van der Waals surface area contributed by atoms with Gasteiger partial charge in [-0.1, -0.05) is 0 Å². The first-order chi connectivity index (χ1) is 8.47. The van der Waals surface area contributed by atoms with Gasteiger partial charge in [-0.2, -0.15) is 18.3 Å². The number of rotatable bonds is 3. The van der Waals surface area contributed by atoms with Gasteiger partial charge in [-0.3, -0.25) is 5.10 Å². The lowest BCUT2D eigenvalue weighted by Crippen LogP contribution is -2.08. The normalized spacial score (nSPS) is 11.6. The minimum Gasteiger partial charge on any atom is -0.380 e. The Kier molecular flexibility index (Phi) is 3.22. The molecule has 0 bridgehead atoms. The molecule has 2 aromatic heterocycles. The Labute approximate surface area is 101 Å². The Morgan fingerprint density at radius 1 is 1.28 bits per heavy atom. The number of hydrogen-bond acceptors (Lipinski definition) is 3. The van der Waals surface area contributed by atoms with E-state index < -0.39 is 11.9 Å². The van der Waals surface area contributed by atoms with Gasteiger partial charge in [-0.15, -0.1) is 0 Å². The predicted octanol–water partition coefficient (Wildman–Crippen LogP) is 2.74. The lowest BCUT2D eigenvalue weighted by Gasteiger charge is -2.08. The van der Waals surface area contributed by atoms with Crippen molar-refractivity contribution < 1.29 is 13.2 Å². The number of pyridine rings is 1. The zero-order valence-corrected chi connectivity index (χ0v) is 9.54. The number of alkyl halides is 3. The molecule has 0 aliphatic heterocycles. The molecule has 4 nitrogen and oxygen atoms in total. The van der Waals surface area contributed by atoms with Gasteiger partial charge in [0.1, 0.15) is 5.69 Å². The van der Waals surface area contributed by atoms with Gasteiger partial charge in [0.25, 0.3) is 0 Å². The van der Waals surface area contributed by atoms with E-state index in [4.69, 9.17) is 0 Å². The van der Waals surface area contributed by atoms with E-state index in [9.17, 15) is 13.2 Å². The number of nitrogens with zero attached hydrogens (tertiary/aromatic N) is 2. The van der Waals surface area contributed by atoms with Crippen LogP contribution in [0.25, 0.3) is 0 Å². The molecule has 0 aliphatic carbocycles. The summed E-state index contributed by atoms with van der Waals surface area (Å²) in [7, 11) is 0. The number of anilines is 1. The van der Waals surface area contributed by atoms with Crippen molar-refractivity contribution in [3.63, 3.8) is 0 Å². The molecular formula is C11H11F3N4. The van der Waals surface area contributed by atoms with Crippen LogP contribution in [0.5, 0.6) is 0 Å². The Balaban J connectivity index is 2.01. The van der Waals surface area contributed by atoms with E-state index in [0.717, 1.165) is 23.5 Å². The molecule has 2 aromatic rings. The average Bonchev–Trinajstić information content (AvgIpc) is 2.72. The molecule has 0 aromatic carbocycles. The monoisotopic (exact) mass is 256 g/mol. The summed E-state index contributed by atoms with van der Waals surface area (Å²) in [5.74, 6) is 0. The van der Waals surface area contributed by atoms with Crippen LogP contribution in [0.4, 0.5) is 18.9 Å². The average molecular weight is 256 g/mol. The molecule has 0 unspecified atom stereocenters. The van der Waals surface area contributed by atoms with Gasteiger partial charge in [-0.05, 0) is 19.1 Å². The molecule has 96 valence electrons. The molecule has 0 radical (unpaired) electrons.